The van der Waals surface area contributed by atoms with E-state index >= 15 is 0 Å². The third-order valence-corrected chi connectivity index (χ3v) is 3.77. The molecule has 0 spiro atoms. The van der Waals surface area contributed by atoms with Gasteiger partial charge in [-0.3, -0.25) is 4.79 Å². The third kappa shape index (κ3) is 3.80. The highest BCUT2D eigenvalue weighted by Gasteiger charge is 2.22. The number of aryl methyl sites for hydroxylation is 2. The predicted octanol–water partition coefficient (Wildman–Crippen LogP) is 2.48. The normalized spacial score (nSPS) is 20.9. The maximum atomic E-state index is 12.2. The van der Waals surface area contributed by atoms with E-state index in [4.69, 9.17) is 0 Å². The highest BCUT2D eigenvalue weighted by Crippen LogP contribution is 2.18. The first-order valence-corrected chi connectivity index (χ1v) is 7.15. The molecule has 0 aliphatic carbocycles. The lowest BCUT2D eigenvalue weighted by Gasteiger charge is -2.24. The number of hydrogen-bond acceptors (Lipinski definition) is 2. The topological polar surface area (TPSA) is 41.1 Å². The molecule has 0 aromatic heterocycles. The molecule has 1 saturated heterocycles. The zero-order chi connectivity index (χ0) is 13.8. The number of benzene rings is 1. The minimum absolute atomic E-state index is 0.0769. The van der Waals surface area contributed by atoms with Gasteiger partial charge in [0.15, 0.2) is 0 Å². The SMILES string of the molecule is Cc1cc(C)cc(C(C)NC(=O)C2CCCNC2)c1. The summed E-state index contributed by atoms with van der Waals surface area (Å²) in [5, 5.41) is 6.43. The molecule has 1 aliphatic rings. The number of rotatable bonds is 3. The molecule has 1 aliphatic heterocycles. The molecule has 3 heteroatoms. The Morgan fingerprint density at radius 1 is 1.32 bits per heavy atom. The van der Waals surface area contributed by atoms with Crippen molar-refractivity contribution in [3.8, 4) is 0 Å². The number of hydrogen-bond donors (Lipinski definition) is 2. The Morgan fingerprint density at radius 2 is 2.00 bits per heavy atom. The van der Waals surface area contributed by atoms with Crippen LogP contribution in [-0.2, 0) is 4.79 Å². The Bertz CT molecular complexity index is 430. The van der Waals surface area contributed by atoms with Crippen LogP contribution >= 0.6 is 0 Å². The van der Waals surface area contributed by atoms with Crippen molar-refractivity contribution in [1.29, 1.82) is 0 Å². The van der Waals surface area contributed by atoms with Gasteiger partial charge in [0.05, 0.1) is 12.0 Å². The molecule has 1 fully saturated rings. The third-order valence-electron chi connectivity index (χ3n) is 3.77. The van der Waals surface area contributed by atoms with Crippen molar-refractivity contribution >= 4 is 5.91 Å². The first kappa shape index (κ1) is 14.1. The molecule has 1 amide bonds. The molecule has 1 aromatic carbocycles. The van der Waals surface area contributed by atoms with Gasteiger partial charge >= 0.3 is 0 Å². The van der Waals surface area contributed by atoms with Crippen LogP contribution in [-0.4, -0.2) is 19.0 Å². The summed E-state index contributed by atoms with van der Waals surface area (Å²) in [7, 11) is 0. The summed E-state index contributed by atoms with van der Waals surface area (Å²) in [5.74, 6) is 0.306. The highest BCUT2D eigenvalue weighted by molar-refractivity contribution is 5.79. The van der Waals surface area contributed by atoms with Gasteiger partial charge < -0.3 is 10.6 Å². The van der Waals surface area contributed by atoms with Crippen LogP contribution in [0.5, 0.6) is 0 Å². The first-order chi connectivity index (χ1) is 9.06. The number of carbonyl (C=O) groups excluding carboxylic acids is 1. The van der Waals surface area contributed by atoms with E-state index in [0.29, 0.717) is 0 Å². The van der Waals surface area contributed by atoms with Gasteiger partial charge in [-0.15, -0.1) is 0 Å². The molecule has 1 aromatic rings. The van der Waals surface area contributed by atoms with E-state index < -0.39 is 0 Å². The van der Waals surface area contributed by atoms with Crippen molar-refractivity contribution in [2.45, 2.75) is 39.7 Å². The molecule has 19 heavy (non-hydrogen) atoms. The van der Waals surface area contributed by atoms with Crippen molar-refractivity contribution in [2.24, 2.45) is 5.92 Å². The van der Waals surface area contributed by atoms with Crippen LogP contribution in [0, 0.1) is 19.8 Å². The largest absolute Gasteiger partial charge is 0.349 e. The van der Waals surface area contributed by atoms with E-state index in [1.807, 2.05) is 0 Å². The van der Waals surface area contributed by atoms with Crippen LogP contribution in [0.4, 0.5) is 0 Å². The van der Waals surface area contributed by atoms with E-state index in [2.05, 4.69) is 49.6 Å². The van der Waals surface area contributed by atoms with Gasteiger partial charge in [-0.2, -0.15) is 0 Å². The van der Waals surface area contributed by atoms with Crippen molar-refractivity contribution in [1.82, 2.24) is 10.6 Å². The van der Waals surface area contributed by atoms with E-state index in [-0.39, 0.29) is 17.9 Å². The van der Waals surface area contributed by atoms with Crippen molar-refractivity contribution < 1.29 is 4.79 Å². The zero-order valence-electron chi connectivity index (χ0n) is 12.1. The lowest BCUT2D eigenvalue weighted by atomic mass is 9.97. The Balaban J connectivity index is 1.99. The van der Waals surface area contributed by atoms with Gasteiger partial charge in [0.2, 0.25) is 5.91 Å². The maximum Gasteiger partial charge on any atom is 0.224 e. The van der Waals surface area contributed by atoms with Crippen molar-refractivity contribution in [3.63, 3.8) is 0 Å². The second kappa shape index (κ2) is 6.20. The van der Waals surface area contributed by atoms with Crippen LogP contribution < -0.4 is 10.6 Å². The van der Waals surface area contributed by atoms with Crippen LogP contribution in [0.2, 0.25) is 0 Å². The summed E-state index contributed by atoms with van der Waals surface area (Å²) in [4.78, 5) is 12.2. The van der Waals surface area contributed by atoms with E-state index in [1.54, 1.807) is 0 Å². The standard InChI is InChI=1S/C16H24N2O/c1-11-7-12(2)9-15(8-11)13(3)18-16(19)14-5-4-6-17-10-14/h7-9,13-14,17H,4-6,10H2,1-3H3,(H,18,19). The molecule has 0 radical (unpaired) electrons. The molecule has 1 heterocycles. The number of piperidine rings is 1. The summed E-state index contributed by atoms with van der Waals surface area (Å²) in [5.41, 5.74) is 3.68. The van der Waals surface area contributed by atoms with Gasteiger partial charge in [0.1, 0.15) is 0 Å². The Morgan fingerprint density at radius 3 is 2.58 bits per heavy atom. The van der Waals surface area contributed by atoms with E-state index in [9.17, 15) is 4.79 Å². The predicted molar refractivity (Wildman–Crippen MR) is 78.1 cm³/mol. The lowest BCUT2D eigenvalue weighted by Crippen LogP contribution is -2.41. The second-order valence-electron chi connectivity index (χ2n) is 5.69. The quantitative estimate of drug-likeness (QED) is 0.876. The number of amides is 1. The summed E-state index contributed by atoms with van der Waals surface area (Å²) in [6, 6.07) is 6.53. The molecule has 2 atom stereocenters. The second-order valence-corrected chi connectivity index (χ2v) is 5.69. The van der Waals surface area contributed by atoms with E-state index in [1.165, 1.54) is 16.7 Å². The van der Waals surface area contributed by atoms with Crippen molar-refractivity contribution in [2.75, 3.05) is 13.1 Å². The average molecular weight is 260 g/mol. The number of carbonyl (C=O) groups is 1. The molecule has 0 saturated carbocycles. The summed E-state index contributed by atoms with van der Waals surface area (Å²) in [6.07, 6.45) is 2.09. The average Bonchev–Trinajstić information content (AvgIpc) is 2.38. The molecule has 2 rings (SSSR count). The summed E-state index contributed by atoms with van der Waals surface area (Å²) < 4.78 is 0. The summed E-state index contributed by atoms with van der Waals surface area (Å²) in [6.45, 7) is 8.09. The molecule has 0 bridgehead atoms. The maximum absolute atomic E-state index is 12.2. The fourth-order valence-corrected chi connectivity index (χ4v) is 2.75. The van der Waals surface area contributed by atoms with E-state index in [0.717, 1.165) is 25.9 Å². The molecule has 2 N–H and O–H groups in total. The minimum atomic E-state index is 0.0769. The minimum Gasteiger partial charge on any atom is -0.349 e. The monoisotopic (exact) mass is 260 g/mol. The van der Waals surface area contributed by atoms with Crippen LogP contribution in [0.15, 0.2) is 18.2 Å². The van der Waals surface area contributed by atoms with Gasteiger partial charge in [0.25, 0.3) is 0 Å². The van der Waals surface area contributed by atoms with Gasteiger partial charge in [-0.25, -0.2) is 0 Å². The fourth-order valence-electron chi connectivity index (χ4n) is 2.75. The zero-order valence-corrected chi connectivity index (χ0v) is 12.1. The van der Waals surface area contributed by atoms with Crippen LogP contribution in [0.25, 0.3) is 0 Å². The molecule has 3 nitrogen and oxygen atoms in total. The Kier molecular flexibility index (Phi) is 4.59. The Hall–Kier alpha value is -1.35. The molecule has 104 valence electrons. The molecule has 2 unspecified atom stereocenters. The highest BCUT2D eigenvalue weighted by atomic mass is 16.1. The summed E-state index contributed by atoms with van der Waals surface area (Å²) >= 11 is 0. The van der Waals surface area contributed by atoms with Crippen molar-refractivity contribution in [3.05, 3.63) is 34.9 Å². The van der Waals surface area contributed by atoms with Crippen LogP contribution in [0.1, 0.15) is 42.5 Å². The van der Waals surface area contributed by atoms with Crippen LogP contribution in [0.3, 0.4) is 0 Å². The van der Waals surface area contributed by atoms with Gasteiger partial charge in [-0.1, -0.05) is 29.3 Å². The van der Waals surface area contributed by atoms with Gasteiger partial charge in [-0.05, 0) is 45.7 Å². The Labute approximate surface area is 115 Å². The number of nitrogens with one attached hydrogen (secondary N) is 2. The smallest absolute Gasteiger partial charge is 0.224 e. The molecular formula is C16H24N2O. The fraction of sp³-hybridized carbons (Fsp3) is 0.562. The lowest BCUT2D eigenvalue weighted by molar-refractivity contribution is -0.126. The van der Waals surface area contributed by atoms with Gasteiger partial charge in [0, 0.05) is 6.54 Å². The molecular weight excluding hydrogens is 236 g/mol. The first-order valence-electron chi connectivity index (χ1n) is 7.15.